The minimum absolute atomic E-state index is 0.587. The Kier molecular flexibility index (Phi) is 4.55. The van der Waals surface area contributed by atoms with E-state index >= 15 is 0 Å². The van der Waals surface area contributed by atoms with Gasteiger partial charge in [-0.25, -0.2) is 4.98 Å². The summed E-state index contributed by atoms with van der Waals surface area (Å²) in [5.74, 6) is 1.21. The van der Waals surface area contributed by atoms with Gasteiger partial charge in [-0.1, -0.05) is 6.07 Å². The van der Waals surface area contributed by atoms with E-state index in [1.165, 1.54) is 5.56 Å². The van der Waals surface area contributed by atoms with Crippen LogP contribution in [-0.4, -0.2) is 43.7 Å². The molecule has 1 aromatic heterocycles. The van der Waals surface area contributed by atoms with Crippen LogP contribution in [0.4, 0.5) is 5.82 Å². The summed E-state index contributed by atoms with van der Waals surface area (Å²) in [6, 6.07) is 4.08. The molecule has 1 fully saturated rings. The number of likely N-dealkylation sites (N-methyl/N-ethyl adjacent to an activating group) is 1. The van der Waals surface area contributed by atoms with E-state index in [0.717, 1.165) is 44.7 Å². The van der Waals surface area contributed by atoms with Gasteiger partial charge in [0.1, 0.15) is 5.82 Å². The number of nitrogens with two attached hydrogens (primary N) is 1. The Morgan fingerprint density at radius 2 is 2.06 bits per heavy atom. The molecule has 0 aliphatic carbocycles. The van der Waals surface area contributed by atoms with Gasteiger partial charge in [-0.05, 0) is 44.5 Å². The van der Waals surface area contributed by atoms with E-state index in [1.54, 1.807) is 0 Å². The SMILES string of the molecule is CN(C)CCc1nc(N)ccc1C1CCOCC1. The van der Waals surface area contributed by atoms with Crippen molar-refractivity contribution in [3.05, 3.63) is 23.4 Å². The van der Waals surface area contributed by atoms with Gasteiger partial charge in [0.25, 0.3) is 0 Å². The minimum Gasteiger partial charge on any atom is -0.384 e. The Hall–Kier alpha value is -1.13. The summed E-state index contributed by atoms with van der Waals surface area (Å²) in [6.45, 7) is 2.73. The molecule has 0 bridgehead atoms. The Labute approximate surface area is 109 Å². The van der Waals surface area contributed by atoms with E-state index in [-0.39, 0.29) is 0 Å². The smallest absolute Gasteiger partial charge is 0.123 e. The molecule has 0 unspecified atom stereocenters. The third kappa shape index (κ3) is 3.43. The summed E-state index contributed by atoms with van der Waals surface area (Å²) in [7, 11) is 4.17. The molecule has 2 N–H and O–H groups in total. The zero-order valence-corrected chi connectivity index (χ0v) is 11.4. The van der Waals surface area contributed by atoms with Crippen molar-refractivity contribution < 1.29 is 4.74 Å². The lowest BCUT2D eigenvalue weighted by molar-refractivity contribution is 0.0850. The van der Waals surface area contributed by atoms with E-state index in [9.17, 15) is 0 Å². The number of hydrogen-bond donors (Lipinski definition) is 1. The third-order valence-corrected chi connectivity index (χ3v) is 3.49. The van der Waals surface area contributed by atoms with Crippen molar-refractivity contribution in [3.63, 3.8) is 0 Å². The number of rotatable bonds is 4. The molecule has 0 aromatic carbocycles. The number of ether oxygens (including phenoxy) is 1. The Morgan fingerprint density at radius 3 is 2.72 bits per heavy atom. The predicted octanol–water partition coefficient (Wildman–Crippen LogP) is 1.66. The molecule has 18 heavy (non-hydrogen) atoms. The fraction of sp³-hybridized carbons (Fsp3) is 0.643. The Morgan fingerprint density at radius 1 is 1.33 bits per heavy atom. The van der Waals surface area contributed by atoms with E-state index in [4.69, 9.17) is 10.5 Å². The number of pyridine rings is 1. The molecule has 1 aromatic rings. The standard InChI is InChI=1S/C14H23N3O/c1-17(2)8-5-13-12(3-4-14(15)16-13)11-6-9-18-10-7-11/h3-4,11H,5-10H2,1-2H3,(H2,15,16). The highest BCUT2D eigenvalue weighted by molar-refractivity contribution is 5.36. The number of nitrogen functional groups attached to an aromatic ring is 1. The van der Waals surface area contributed by atoms with Crippen molar-refractivity contribution in [2.24, 2.45) is 0 Å². The van der Waals surface area contributed by atoms with Crippen LogP contribution in [0.2, 0.25) is 0 Å². The van der Waals surface area contributed by atoms with Gasteiger partial charge < -0.3 is 15.4 Å². The fourth-order valence-corrected chi connectivity index (χ4v) is 2.44. The van der Waals surface area contributed by atoms with Crippen molar-refractivity contribution in [3.8, 4) is 0 Å². The number of hydrogen-bond acceptors (Lipinski definition) is 4. The Balaban J connectivity index is 2.16. The first-order valence-electron chi connectivity index (χ1n) is 6.64. The van der Waals surface area contributed by atoms with Crippen molar-refractivity contribution in [1.82, 2.24) is 9.88 Å². The average molecular weight is 249 g/mol. The molecule has 2 rings (SSSR count). The first-order chi connectivity index (χ1) is 8.66. The van der Waals surface area contributed by atoms with Crippen molar-refractivity contribution in [2.75, 3.05) is 39.6 Å². The van der Waals surface area contributed by atoms with E-state index in [2.05, 4.69) is 30.0 Å². The van der Waals surface area contributed by atoms with E-state index in [0.29, 0.717) is 11.7 Å². The first-order valence-corrected chi connectivity index (χ1v) is 6.64. The highest BCUT2D eigenvalue weighted by atomic mass is 16.5. The van der Waals surface area contributed by atoms with Crippen LogP contribution >= 0.6 is 0 Å². The average Bonchev–Trinajstić information content (AvgIpc) is 2.37. The molecule has 1 aliphatic heterocycles. The molecular weight excluding hydrogens is 226 g/mol. The van der Waals surface area contributed by atoms with Crippen LogP contribution in [0, 0.1) is 0 Å². The van der Waals surface area contributed by atoms with Crippen LogP contribution in [-0.2, 0) is 11.2 Å². The van der Waals surface area contributed by atoms with Gasteiger partial charge in [0, 0.05) is 31.9 Å². The normalized spacial score (nSPS) is 17.3. The highest BCUT2D eigenvalue weighted by Crippen LogP contribution is 2.29. The summed E-state index contributed by atoms with van der Waals surface area (Å²) in [5.41, 5.74) is 8.35. The molecule has 2 heterocycles. The molecule has 100 valence electrons. The summed E-state index contributed by atoms with van der Waals surface area (Å²) in [5, 5.41) is 0. The zero-order chi connectivity index (χ0) is 13.0. The molecule has 4 nitrogen and oxygen atoms in total. The van der Waals surface area contributed by atoms with Gasteiger partial charge in [0.05, 0.1) is 0 Å². The summed E-state index contributed by atoms with van der Waals surface area (Å²) < 4.78 is 5.43. The summed E-state index contributed by atoms with van der Waals surface area (Å²) >= 11 is 0. The lowest BCUT2D eigenvalue weighted by Crippen LogP contribution is -2.20. The number of aromatic nitrogens is 1. The molecule has 0 radical (unpaired) electrons. The monoisotopic (exact) mass is 249 g/mol. The summed E-state index contributed by atoms with van der Waals surface area (Å²) in [6.07, 6.45) is 3.16. The van der Waals surface area contributed by atoms with Gasteiger partial charge in [-0.15, -0.1) is 0 Å². The van der Waals surface area contributed by atoms with Gasteiger partial charge >= 0.3 is 0 Å². The molecule has 0 amide bonds. The predicted molar refractivity (Wildman–Crippen MR) is 73.7 cm³/mol. The van der Waals surface area contributed by atoms with Crippen LogP contribution in [0.15, 0.2) is 12.1 Å². The Bertz CT molecular complexity index is 387. The highest BCUT2D eigenvalue weighted by Gasteiger charge is 2.19. The molecule has 0 atom stereocenters. The van der Waals surface area contributed by atoms with Gasteiger partial charge in [0.15, 0.2) is 0 Å². The quantitative estimate of drug-likeness (QED) is 0.881. The van der Waals surface area contributed by atoms with Crippen LogP contribution in [0.25, 0.3) is 0 Å². The lowest BCUT2D eigenvalue weighted by atomic mass is 9.89. The van der Waals surface area contributed by atoms with Crippen LogP contribution < -0.4 is 5.73 Å². The van der Waals surface area contributed by atoms with Crippen molar-refractivity contribution >= 4 is 5.82 Å². The van der Waals surface area contributed by atoms with Crippen molar-refractivity contribution in [1.29, 1.82) is 0 Å². The minimum atomic E-state index is 0.587. The van der Waals surface area contributed by atoms with Gasteiger partial charge in [-0.2, -0.15) is 0 Å². The molecule has 1 aliphatic rings. The van der Waals surface area contributed by atoms with E-state index in [1.807, 2.05) is 6.07 Å². The third-order valence-electron chi connectivity index (χ3n) is 3.49. The fourth-order valence-electron chi connectivity index (χ4n) is 2.44. The molecule has 1 saturated heterocycles. The molecule has 0 saturated carbocycles. The number of anilines is 1. The second-order valence-corrected chi connectivity index (χ2v) is 5.21. The maximum Gasteiger partial charge on any atom is 0.123 e. The summed E-state index contributed by atoms with van der Waals surface area (Å²) in [4.78, 5) is 6.71. The van der Waals surface area contributed by atoms with Crippen LogP contribution in [0.1, 0.15) is 30.0 Å². The van der Waals surface area contributed by atoms with Crippen LogP contribution in [0.3, 0.4) is 0 Å². The van der Waals surface area contributed by atoms with E-state index < -0.39 is 0 Å². The zero-order valence-electron chi connectivity index (χ0n) is 11.4. The molecule has 4 heteroatoms. The second kappa shape index (κ2) is 6.16. The first kappa shape index (κ1) is 13.3. The van der Waals surface area contributed by atoms with Crippen LogP contribution in [0.5, 0.6) is 0 Å². The second-order valence-electron chi connectivity index (χ2n) is 5.21. The maximum atomic E-state index is 5.81. The molecule has 0 spiro atoms. The van der Waals surface area contributed by atoms with Crippen molar-refractivity contribution in [2.45, 2.75) is 25.2 Å². The topological polar surface area (TPSA) is 51.4 Å². The maximum absolute atomic E-state index is 5.81. The van der Waals surface area contributed by atoms with Gasteiger partial charge in [-0.3, -0.25) is 0 Å². The number of nitrogens with zero attached hydrogens (tertiary/aromatic N) is 2. The largest absolute Gasteiger partial charge is 0.384 e. The lowest BCUT2D eigenvalue weighted by Gasteiger charge is -2.24. The van der Waals surface area contributed by atoms with Gasteiger partial charge in [0.2, 0.25) is 0 Å². The molecular formula is C14H23N3O.